The Hall–Kier alpha value is -0.900. The van der Waals surface area contributed by atoms with Crippen LogP contribution in [-0.2, 0) is 5.75 Å². The Morgan fingerprint density at radius 3 is 2.59 bits per heavy atom. The Morgan fingerprint density at radius 2 is 1.94 bits per heavy atom. The lowest BCUT2D eigenvalue weighted by Crippen LogP contribution is -2.11. The quantitative estimate of drug-likeness (QED) is 0.809. The maximum atomic E-state index is 11.7. The minimum atomic E-state index is -0.159. The fourth-order valence-corrected chi connectivity index (χ4v) is 2.13. The largest absolute Gasteiger partial charge is 0.322 e. The van der Waals surface area contributed by atoms with Gasteiger partial charge in [-0.05, 0) is 24.3 Å². The van der Waals surface area contributed by atoms with Crippen LogP contribution < -0.4 is 5.56 Å². The van der Waals surface area contributed by atoms with Crippen LogP contribution in [0.1, 0.15) is 5.56 Å². The predicted octanol–water partition coefficient (Wildman–Crippen LogP) is 3.78. The van der Waals surface area contributed by atoms with Crippen LogP contribution in [0.25, 0.3) is 11.3 Å². The number of hydrogen-bond donors (Lipinski definition) is 2. The molecule has 0 bridgehead atoms. The van der Waals surface area contributed by atoms with Crippen molar-refractivity contribution in [3.63, 3.8) is 0 Å². The second-order valence-corrected chi connectivity index (χ2v) is 4.67. The molecular formula is C12H9Cl2NOS. The highest BCUT2D eigenvalue weighted by atomic mass is 35.5. The van der Waals surface area contributed by atoms with Crippen molar-refractivity contribution in [1.82, 2.24) is 4.98 Å². The Labute approximate surface area is 114 Å². The number of rotatable bonds is 2. The van der Waals surface area contributed by atoms with Gasteiger partial charge in [0.05, 0.1) is 0 Å². The summed E-state index contributed by atoms with van der Waals surface area (Å²) in [5.74, 6) is 0.402. The molecule has 2 aromatic rings. The van der Waals surface area contributed by atoms with Crippen LogP contribution in [0.3, 0.4) is 0 Å². The average Bonchev–Trinajstić information content (AvgIpc) is 2.32. The van der Waals surface area contributed by atoms with Crippen molar-refractivity contribution < 1.29 is 0 Å². The third kappa shape index (κ3) is 2.68. The molecule has 0 atom stereocenters. The van der Waals surface area contributed by atoms with Gasteiger partial charge in [0, 0.05) is 32.6 Å². The monoisotopic (exact) mass is 285 g/mol. The lowest BCUT2D eigenvalue weighted by Gasteiger charge is -2.05. The lowest BCUT2D eigenvalue weighted by molar-refractivity contribution is 1.17. The van der Waals surface area contributed by atoms with E-state index in [1.165, 1.54) is 0 Å². The summed E-state index contributed by atoms with van der Waals surface area (Å²) in [6.07, 6.45) is 0. The molecule has 2 rings (SSSR count). The zero-order valence-electron chi connectivity index (χ0n) is 8.71. The van der Waals surface area contributed by atoms with Crippen molar-refractivity contribution in [2.45, 2.75) is 5.75 Å². The molecule has 0 amide bonds. The molecule has 0 aliphatic carbocycles. The Bertz CT molecular complexity index is 610. The average molecular weight is 286 g/mol. The number of pyridine rings is 1. The summed E-state index contributed by atoms with van der Waals surface area (Å²) in [7, 11) is 0. The van der Waals surface area contributed by atoms with Crippen molar-refractivity contribution in [2.24, 2.45) is 0 Å². The van der Waals surface area contributed by atoms with E-state index in [9.17, 15) is 4.79 Å². The van der Waals surface area contributed by atoms with Gasteiger partial charge in [-0.1, -0.05) is 29.3 Å². The fourth-order valence-electron chi connectivity index (χ4n) is 1.49. The van der Waals surface area contributed by atoms with E-state index in [0.29, 0.717) is 32.6 Å². The van der Waals surface area contributed by atoms with E-state index in [4.69, 9.17) is 23.2 Å². The minimum absolute atomic E-state index is 0.159. The smallest absolute Gasteiger partial charge is 0.252 e. The SMILES string of the molecule is O=c1[nH]c(-c2cc(Cl)ccc2Cl)ccc1CS. The molecule has 0 unspecified atom stereocenters. The van der Waals surface area contributed by atoms with E-state index in [2.05, 4.69) is 17.6 Å². The van der Waals surface area contributed by atoms with Gasteiger partial charge in [-0.25, -0.2) is 0 Å². The Kier molecular flexibility index (Phi) is 3.82. The van der Waals surface area contributed by atoms with Crippen molar-refractivity contribution in [3.05, 3.63) is 56.3 Å². The molecule has 0 saturated carbocycles. The van der Waals surface area contributed by atoms with E-state index in [1.807, 2.05) is 0 Å². The number of aromatic amines is 1. The Balaban J connectivity index is 2.57. The van der Waals surface area contributed by atoms with Crippen molar-refractivity contribution in [2.75, 3.05) is 0 Å². The summed E-state index contributed by atoms with van der Waals surface area (Å²) in [5.41, 5.74) is 1.82. The van der Waals surface area contributed by atoms with Crippen LogP contribution in [-0.4, -0.2) is 4.98 Å². The van der Waals surface area contributed by atoms with Gasteiger partial charge >= 0.3 is 0 Å². The third-order valence-electron chi connectivity index (χ3n) is 2.38. The van der Waals surface area contributed by atoms with Crippen LogP contribution >= 0.6 is 35.8 Å². The number of benzene rings is 1. The molecule has 5 heteroatoms. The highest BCUT2D eigenvalue weighted by molar-refractivity contribution is 7.79. The number of halogens is 2. The van der Waals surface area contributed by atoms with Gasteiger partial charge in [0.1, 0.15) is 0 Å². The fraction of sp³-hybridized carbons (Fsp3) is 0.0833. The molecule has 0 aliphatic heterocycles. The van der Waals surface area contributed by atoms with Gasteiger partial charge in [-0.15, -0.1) is 0 Å². The molecule has 1 N–H and O–H groups in total. The third-order valence-corrected chi connectivity index (χ3v) is 3.29. The molecule has 17 heavy (non-hydrogen) atoms. The van der Waals surface area contributed by atoms with Gasteiger partial charge in [-0.2, -0.15) is 12.6 Å². The van der Waals surface area contributed by atoms with Crippen LogP contribution in [0, 0.1) is 0 Å². The first-order valence-electron chi connectivity index (χ1n) is 4.90. The van der Waals surface area contributed by atoms with Gasteiger partial charge in [0.15, 0.2) is 0 Å². The first kappa shape index (κ1) is 12.6. The zero-order valence-corrected chi connectivity index (χ0v) is 11.1. The molecule has 1 heterocycles. The number of H-pyrrole nitrogens is 1. The second-order valence-electron chi connectivity index (χ2n) is 3.51. The predicted molar refractivity (Wildman–Crippen MR) is 75.2 cm³/mol. The van der Waals surface area contributed by atoms with E-state index in [-0.39, 0.29) is 5.56 Å². The van der Waals surface area contributed by atoms with E-state index >= 15 is 0 Å². The summed E-state index contributed by atoms with van der Waals surface area (Å²) in [4.78, 5) is 14.4. The van der Waals surface area contributed by atoms with Gasteiger partial charge in [0.2, 0.25) is 0 Å². The highest BCUT2D eigenvalue weighted by Crippen LogP contribution is 2.28. The normalized spacial score (nSPS) is 10.5. The molecule has 88 valence electrons. The van der Waals surface area contributed by atoms with Gasteiger partial charge in [0.25, 0.3) is 5.56 Å². The lowest BCUT2D eigenvalue weighted by atomic mass is 10.1. The molecule has 1 aromatic heterocycles. The zero-order chi connectivity index (χ0) is 12.4. The molecular weight excluding hydrogens is 277 g/mol. The maximum Gasteiger partial charge on any atom is 0.252 e. The van der Waals surface area contributed by atoms with Crippen LogP contribution in [0.4, 0.5) is 0 Å². The summed E-state index contributed by atoms with van der Waals surface area (Å²) < 4.78 is 0. The van der Waals surface area contributed by atoms with E-state index < -0.39 is 0 Å². The van der Waals surface area contributed by atoms with Crippen molar-refractivity contribution in [1.29, 1.82) is 0 Å². The number of thiol groups is 1. The number of hydrogen-bond acceptors (Lipinski definition) is 2. The maximum absolute atomic E-state index is 11.7. The molecule has 1 aromatic carbocycles. The Morgan fingerprint density at radius 1 is 1.18 bits per heavy atom. The van der Waals surface area contributed by atoms with Crippen molar-refractivity contribution >= 4 is 35.8 Å². The van der Waals surface area contributed by atoms with Gasteiger partial charge < -0.3 is 4.98 Å². The molecule has 0 radical (unpaired) electrons. The summed E-state index contributed by atoms with van der Waals surface area (Å²) in [5, 5.41) is 1.12. The van der Waals surface area contributed by atoms with E-state index in [0.717, 1.165) is 0 Å². The van der Waals surface area contributed by atoms with Crippen molar-refractivity contribution in [3.8, 4) is 11.3 Å². The van der Waals surface area contributed by atoms with Crippen LogP contribution in [0.15, 0.2) is 35.1 Å². The highest BCUT2D eigenvalue weighted by Gasteiger charge is 2.06. The number of nitrogens with one attached hydrogen (secondary N) is 1. The summed E-state index contributed by atoms with van der Waals surface area (Å²) >= 11 is 16.0. The van der Waals surface area contributed by atoms with E-state index in [1.54, 1.807) is 30.3 Å². The standard InChI is InChI=1S/C12H9Cl2NOS/c13-8-2-3-10(14)9(5-8)11-4-1-7(6-17)12(16)15-11/h1-5,17H,6H2,(H,15,16). The summed E-state index contributed by atoms with van der Waals surface area (Å²) in [6, 6.07) is 8.65. The molecule has 0 aliphatic rings. The topological polar surface area (TPSA) is 32.9 Å². The van der Waals surface area contributed by atoms with Crippen LogP contribution in [0.2, 0.25) is 10.0 Å². The molecule has 0 fully saturated rings. The first-order valence-corrected chi connectivity index (χ1v) is 6.29. The summed E-state index contributed by atoms with van der Waals surface area (Å²) in [6.45, 7) is 0. The van der Waals surface area contributed by atoms with Crippen LogP contribution in [0.5, 0.6) is 0 Å². The number of aromatic nitrogens is 1. The molecule has 0 saturated heterocycles. The van der Waals surface area contributed by atoms with Gasteiger partial charge in [-0.3, -0.25) is 4.79 Å². The first-order chi connectivity index (χ1) is 8.11. The molecule has 2 nitrogen and oxygen atoms in total. The minimum Gasteiger partial charge on any atom is -0.322 e. The second kappa shape index (κ2) is 5.17. The molecule has 0 spiro atoms.